The summed E-state index contributed by atoms with van der Waals surface area (Å²) in [5.74, 6) is 2.11. The fourth-order valence-corrected chi connectivity index (χ4v) is 4.80. The van der Waals surface area contributed by atoms with Gasteiger partial charge in [-0.25, -0.2) is 0 Å². The van der Waals surface area contributed by atoms with Crippen LogP contribution in [0.5, 0.6) is 23.0 Å². The molecule has 0 bridgehead atoms. The maximum Gasteiger partial charge on any atom is 0.160 e. The van der Waals surface area contributed by atoms with Crippen LogP contribution in [0.25, 0.3) is 0 Å². The van der Waals surface area contributed by atoms with Crippen LogP contribution in [0, 0.1) is 0 Å². The molecule has 2 atom stereocenters. The Morgan fingerprint density at radius 2 is 1.68 bits per heavy atom. The summed E-state index contributed by atoms with van der Waals surface area (Å²) in [6.45, 7) is 2.87. The van der Waals surface area contributed by atoms with Crippen LogP contribution in [-0.2, 0) is 26.0 Å². The second-order valence-corrected chi connectivity index (χ2v) is 7.54. The predicted octanol–water partition coefficient (Wildman–Crippen LogP) is 2.95. The number of aromatic hydroxyl groups is 1. The van der Waals surface area contributed by atoms with E-state index in [4.69, 9.17) is 14.2 Å². The van der Waals surface area contributed by atoms with E-state index < -0.39 is 0 Å². The third-order valence-electron chi connectivity index (χ3n) is 6.20. The van der Waals surface area contributed by atoms with E-state index in [1.54, 1.807) is 21.3 Å². The van der Waals surface area contributed by atoms with Gasteiger partial charge in [0.1, 0.15) is 11.5 Å². The minimum atomic E-state index is -0.0848. The Hall–Kier alpha value is -2.44. The normalized spacial score (nSPS) is 20.8. The molecule has 2 aliphatic rings. The molecule has 2 heterocycles. The molecule has 28 heavy (non-hydrogen) atoms. The second-order valence-electron chi connectivity index (χ2n) is 7.54. The number of benzene rings is 2. The zero-order valence-corrected chi connectivity index (χ0v) is 16.8. The van der Waals surface area contributed by atoms with E-state index in [9.17, 15) is 10.2 Å². The monoisotopic (exact) mass is 385 g/mol. The maximum absolute atomic E-state index is 10.4. The number of aliphatic hydroxyl groups is 1. The van der Waals surface area contributed by atoms with Crippen LogP contribution in [0.1, 0.15) is 40.8 Å². The topological polar surface area (TPSA) is 71.4 Å². The molecule has 0 saturated carbocycles. The Bertz CT molecular complexity index is 911. The Balaban J connectivity index is 1.87. The standard InChI is InChI=1S/C22H27NO5/c1-12-5-13-6-22(28-4)19(25)8-14(13)18-7-15-16(10-23(12)18)20(26-2)9-21(27-3)17(15)11-24/h6,8-9,12,18,24-25H,5,7,10-11H2,1-4H3/t12-,18+/m1/s1. The van der Waals surface area contributed by atoms with Gasteiger partial charge in [0, 0.05) is 35.8 Å². The highest BCUT2D eigenvalue weighted by Gasteiger charge is 2.39. The van der Waals surface area contributed by atoms with E-state index >= 15 is 0 Å². The van der Waals surface area contributed by atoms with E-state index in [1.165, 1.54) is 5.56 Å². The highest BCUT2D eigenvalue weighted by atomic mass is 16.5. The minimum absolute atomic E-state index is 0.0848. The molecule has 4 rings (SSSR count). The van der Waals surface area contributed by atoms with Crippen molar-refractivity contribution in [3.8, 4) is 23.0 Å². The summed E-state index contributed by atoms with van der Waals surface area (Å²) in [5.41, 5.74) is 5.32. The van der Waals surface area contributed by atoms with E-state index in [0.29, 0.717) is 17.5 Å². The molecule has 150 valence electrons. The number of rotatable bonds is 4. The summed E-state index contributed by atoms with van der Waals surface area (Å²) in [5, 5.41) is 20.4. The highest BCUT2D eigenvalue weighted by molar-refractivity contribution is 5.56. The first-order chi connectivity index (χ1) is 13.5. The van der Waals surface area contributed by atoms with Crippen LogP contribution < -0.4 is 14.2 Å². The molecular formula is C22H27NO5. The molecule has 2 aromatic carbocycles. The molecule has 0 aromatic heterocycles. The molecule has 6 nitrogen and oxygen atoms in total. The zero-order valence-electron chi connectivity index (χ0n) is 16.8. The first-order valence-corrected chi connectivity index (χ1v) is 9.54. The number of nitrogens with zero attached hydrogens (tertiary/aromatic N) is 1. The van der Waals surface area contributed by atoms with Gasteiger partial charge in [0.15, 0.2) is 11.5 Å². The number of hydrogen-bond acceptors (Lipinski definition) is 6. The number of ether oxygens (including phenoxy) is 3. The predicted molar refractivity (Wildman–Crippen MR) is 105 cm³/mol. The van der Waals surface area contributed by atoms with Crippen molar-refractivity contribution in [2.24, 2.45) is 0 Å². The summed E-state index contributed by atoms with van der Waals surface area (Å²) >= 11 is 0. The van der Waals surface area contributed by atoms with Crippen molar-refractivity contribution in [3.63, 3.8) is 0 Å². The van der Waals surface area contributed by atoms with Gasteiger partial charge >= 0.3 is 0 Å². The molecule has 0 fully saturated rings. The molecule has 0 unspecified atom stereocenters. The van der Waals surface area contributed by atoms with Crippen LogP contribution in [-0.4, -0.2) is 42.5 Å². The van der Waals surface area contributed by atoms with Gasteiger partial charge in [-0.3, -0.25) is 4.90 Å². The average Bonchev–Trinajstić information content (AvgIpc) is 2.71. The fourth-order valence-electron chi connectivity index (χ4n) is 4.80. The second kappa shape index (κ2) is 7.18. The van der Waals surface area contributed by atoms with Crippen LogP contribution in [0.3, 0.4) is 0 Å². The van der Waals surface area contributed by atoms with Crippen molar-refractivity contribution >= 4 is 0 Å². The number of methoxy groups -OCH3 is 3. The van der Waals surface area contributed by atoms with E-state index in [0.717, 1.165) is 47.4 Å². The maximum atomic E-state index is 10.4. The number of fused-ring (bicyclic) bond motifs is 4. The van der Waals surface area contributed by atoms with Crippen molar-refractivity contribution in [1.29, 1.82) is 0 Å². The van der Waals surface area contributed by atoms with Crippen LogP contribution in [0.15, 0.2) is 18.2 Å². The smallest absolute Gasteiger partial charge is 0.160 e. The number of phenolic OH excluding ortho intramolecular Hbond substituents is 1. The highest BCUT2D eigenvalue weighted by Crippen LogP contribution is 2.47. The largest absolute Gasteiger partial charge is 0.504 e. The average molecular weight is 385 g/mol. The van der Waals surface area contributed by atoms with Gasteiger partial charge in [-0.1, -0.05) is 0 Å². The number of aliphatic hydroxyl groups excluding tert-OH is 1. The molecule has 6 heteroatoms. The van der Waals surface area contributed by atoms with Gasteiger partial charge < -0.3 is 24.4 Å². The first kappa shape index (κ1) is 18.9. The molecule has 0 spiro atoms. The van der Waals surface area contributed by atoms with Crippen molar-refractivity contribution in [2.75, 3.05) is 21.3 Å². The van der Waals surface area contributed by atoms with E-state index in [2.05, 4.69) is 11.8 Å². The SMILES string of the molecule is COc1cc2c(cc1O)[C@@H]1Cc3c(CO)c(OC)cc(OC)c3CN1[C@H](C)C2. The van der Waals surface area contributed by atoms with Crippen molar-refractivity contribution < 1.29 is 24.4 Å². The molecule has 2 N–H and O–H groups in total. The van der Waals surface area contributed by atoms with Gasteiger partial charge in [-0.05, 0) is 48.6 Å². The molecule has 0 aliphatic carbocycles. The van der Waals surface area contributed by atoms with E-state index in [-0.39, 0.29) is 18.4 Å². The lowest BCUT2D eigenvalue weighted by molar-refractivity contribution is 0.103. The number of phenols is 1. The fraction of sp³-hybridized carbons (Fsp3) is 0.455. The summed E-state index contributed by atoms with van der Waals surface area (Å²) < 4.78 is 16.5. The van der Waals surface area contributed by atoms with Gasteiger partial charge in [0.25, 0.3) is 0 Å². The van der Waals surface area contributed by atoms with Crippen molar-refractivity contribution in [3.05, 3.63) is 46.0 Å². The zero-order chi connectivity index (χ0) is 20.0. The van der Waals surface area contributed by atoms with Gasteiger partial charge in [0.2, 0.25) is 0 Å². The Kier molecular flexibility index (Phi) is 4.85. The molecule has 0 saturated heterocycles. The van der Waals surface area contributed by atoms with Gasteiger partial charge in [-0.2, -0.15) is 0 Å². The lowest BCUT2D eigenvalue weighted by atomic mass is 9.79. The van der Waals surface area contributed by atoms with Crippen molar-refractivity contribution in [1.82, 2.24) is 4.90 Å². The molecule has 0 radical (unpaired) electrons. The summed E-state index contributed by atoms with van der Waals surface area (Å²) in [4.78, 5) is 2.45. The minimum Gasteiger partial charge on any atom is -0.504 e. The third kappa shape index (κ3) is 2.79. The first-order valence-electron chi connectivity index (χ1n) is 9.54. The quantitative estimate of drug-likeness (QED) is 0.843. The van der Waals surface area contributed by atoms with Crippen molar-refractivity contribution in [2.45, 2.75) is 45.0 Å². The summed E-state index contributed by atoms with van der Waals surface area (Å²) in [6, 6.07) is 6.10. The Morgan fingerprint density at radius 3 is 2.32 bits per heavy atom. The number of hydrogen-bond donors (Lipinski definition) is 2. The molecular weight excluding hydrogens is 358 g/mol. The third-order valence-corrected chi connectivity index (χ3v) is 6.20. The van der Waals surface area contributed by atoms with Crippen LogP contribution in [0.2, 0.25) is 0 Å². The molecule has 2 aromatic rings. The molecule has 2 aliphatic heterocycles. The van der Waals surface area contributed by atoms with Crippen LogP contribution in [0.4, 0.5) is 0 Å². The van der Waals surface area contributed by atoms with Gasteiger partial charge in [-0.15, -0.1) is 0 Å². The van der Waals surface area contributed by atoms with Crippen LogP contribution >= 0.6 is 0 Å². The van der Waals surface area contributed by atoms with E-state index in [1.807, 2.05) is 18.2 Å². The summed E-state index contributed by atoms with van der Waals surface area (Å²) in [7, 11) is 4.85. The summed E-state index contributed by atoms with van der Waals surface area (Å²) in [6.07, 6.45) is 1.62. The molecule has 0 amide bonds. The Morgan fingerprint density at radius 1 is 0.964 bits per heavy atom. The van der Waals surface area contributed by atoms with Gasteiger partial charge in [0.05, 0.1) is 27.9 Å². The lowest BCUT2D eigenvalue weighted by Crippen LogP contribution is -2.45. The Labute approximate surface area is 165 Å². The lowest BCUT2D eigenvalue weighted by Gasteiger charge is -2.46.